The predicted octanol–water partition coefficient (Wildman–Crippen LogP) is 5.09. The van der Waals surface area contributed by atoms with Gasteiger partial charge in [-0.05, 0) is 56.3 Å². The molecular weight excluding hydrogens is 412 g/mol. The zero-order chi connectivity index (χ0) is 20.8. The van der Waals surface area contributed by atoms with E-state index in [9.17, 15) is 9.59 Å². The van der Waals surface area contributed by atoms with Crippen molar-refractivity contribution in [3.8, 4) is 17.2 Å². The van der Waals surface area contributed by atoms with Crippen molar-refractivity contribution in [1.82, 2.24) is 4.57 Å². The minimum atomic E-state index is -0.235. The number of nitrogens with one attached hydrogen (secondary N) is 1. The molecule has 8 heteroatoms. The number of amides is 1. The third kappa shape index (κ3) is 5.62. The molecule has 0 unspecified atom stereocenters. The molecule has 1 amide bonds. The topological polar surface area (TPSA) is 69.6 Å². The molecule has 6 nitrogen and oxygen atoms in total. The molecule has 3 aromatic rings. The Kier molecular flexibility index (Phi) is 6.95. The smallest absolute Gasteiger partial charge is 0.307 e. The fourth-order valence-corrected chi connectivity index (χ4v) is 3.62. The fourth-order valence-electron chi connectivity index (χ4n) is 2.69. The number of aromatic nitrogens is 1. The summed E-state index contributed by atoms with van der Waals surface area (Å²) in [6.07, 6.45) is 0.159. The van der Waals surface area contributed by atoms with Crippen molar-refractivity contribution >= 4 is 34.5 Å². The highest BCUT2D eigenvalue weighted by molar-refractivity contribution is 7.07. The molecule has 3 rings (SSSR count). The van der Waals surface area contributed by atoms with E-state index in [1.807, 2.05) is 26.0 Å². The summed E-state index contributed by atoms with van der Waals surface area (Å²) in [6.45, 7) is 4.67. The first-order valence-electron chi connectivity index (χ1n) is 9.11. The van der Waals surface area contributed by atoms with Crippen LogP contribution in [0.15, 0.2) is 52.6 Å². The summed E-state index contributed by atoms with van der Waals surface area (Å²) in [6, 6.07) is 12.2. The van der Waals surface area contributed by atoms with Crippen molar-refractivity contribution in [2.45, 2.75) is 26.8 Å². The summed E-state index contributed by atoms with van der Waals surface area (Å²) in [5.74, 6) is 1.59. The Hall–Kier alpha value is -2.77. The summed E-state index contributed by atoms with van der Waals surface area (Å²) in [5.41, 5.74) is 1.31. The Labute approximate surface area is 177 Å². The Bertz CT molecular complexity index is 1040. The molecule has 152 valence electrons. The zero-order valence-electron chi connectivity index (χ0n) is 16.1. The van der Waals surface area contributed by atoms with E-state index in [0.29, 0.717) is 35.4 Å². The molecule has 1 heterocycles. The average molecular weight is 433 g/mol. The second kappa shape index (κ2) is 9.62. The normalized spacial score (nSPS) is 10.6. The summed E-state index contributed by atoms with van der Waals surface area (Å²) in [5, 5.41) is 5.07. The molecule has 0 radical (unpaired) electrons. The lowest BCUT2D eigenvalue weighted by molar-refractivity contribution is -0.116. The van der Waals surface area contributed by atoms with Gasteiger partial charge in [-0.15, -0.1) is 0 Å². The zero-order valence-corrected chi connectivity index (χ0v) is 17.7. The van der Waals surface area contributed by atoms with E-state index in [4.69, 9.17) is 21.1 Å². The number of hydrogen-bond donors (Lipinski definition) is 1. The third-order valence-corrected chi connectivity index (χ3v) is 5.23. The van der Waals surface area contributed by atoms with E-state index >= 15 is 0 Å². The van der Waals surface area contributed by atoms with Gasteiger partial charge in [-0.2, -0.15) is 0 Å². The monoisotopic (exact) mass is 432 g/mol. The van der Waals surface area contributed by atoms with Gasteiger partial charge >= 0.3 is 4.87 Å². The summed E-state index contributed by atoms with van der Waals surface area (Å²) in [4.78, 5) is 24.1. The Morgan fingerprint density at radius 2 is 1.90 bits per heavy atom. The number of benzene rings is 2. The number of halogens is 1. The molecule has 0 atom stereocenters. The van der Waals surface area contributed by atoms with E-state index in [-0.39, 0.29) is 17.2 Å². The van der Waals surface area contributed by atoms with Crippen LogP contribution in [-0.4, -0.2) is 17.1 Å². The van der Waals surface area contributed by atoms with E-state index in [2.05, 4.69) is 5.32 Å². The van der Waals surface area contributed by atoms with Crippen LogP contribution in [0.5, 0.6) is 17.2 Å². The van der Waals surface area contributed by atoms with Gasteiger partial charge in [-0.3, -0.25) is 9.59 Å². The van der Waals surface area contributed by atoms with E-state index < -0.39 is 0 Å². The van der Waals surface area contributed by atoms with Gasteiger partial charge in [0.25, 0.3) is 0 Å². The van der Waals surface area contributed by atoms with Crippen molar-refractivity contribution in [2.75, 3.05) is 11.9 Å². The van der Waals surface area contributed by atoms with Crippen LogP contribution in [0.2, 0.25) is 5.02 Å². The number of ether oxygens (including phenoxy) is 2. The van der Waals surface area contributed by atoms with Crippen LogP contribution in [0, 0.1) is 6.92 Å². The number of carbonyl (C=O) groups is 1. The Morgan fingerprint density at radius 1 is 1.17 bits per heavy atom. The molecule has 0 aliphatic carbocycles. The van der Waals surface area contributed by atoms with E-state index in [0.717, 1.165) is 22.8 Å². The number of carbonyl (C=O) groups excluding carboxylic acids is 1. The first kappa shape index (κ1) is 21.0. The highest BCUT2D eigenvalue weighted by Crippen LogP contribution is 2.32. The number of aryl methyl sites for hydroxylation is 1. The van der Waals surface area contributed by atoms with E-state index in [1.165, 1.54) is 0 Å². The minimum absolute atomic E-state index is 0.0717. The summed E-state index contributed by atoms with van der Waals surface area (Å²) >= 11 is 7.22. The molecule has 1 N–H and O–H groups in total. The number of hydrogen-bond acceptors (Lipinski definition) is 5. The molecule has 2 aromatic carbocycles. The van der Waals surface area contributed by atoms with Crippen LogP contribution in [0.4, 0.5) is 5.69 Å². The second-order valence-corrected chi connectivity index (χ2v) is 7.50. The SMILES string of the molecule is CCOc1ccc(Oc2ccc(Cl)cc2NC(=O)CCn2c(C)csc2=O)cc1. The van der Waals surface area contributed by atoms with Gasteiger partial charge in [-0.25, -0.2) is 0 Å². The summed E-state index contributed by atoms with van der Waals surface area (Å²) < 4.78 is 12.9. The first-order valence-corrected chi connectivity index (χ1v) is 10.4. The van der Waals surface area contributed by atoms with Gasteiger partial charge < -0.3 is 19.4 Å². The van der Waals surface area contributed by atoms with Gasteiger partial charge in [0.1, 0.15) is 11.5 Å². The molecule has 0 saturated carbocycles. The Balaban J connectivity index is 1.69. The quantitative estimate of drug-likeness (QED) is 0.538. The number of nitrogens with zero attached hydrogens (tertiary/aromatic N) is 1. The summed E-state index contributed by atoms with van der Waals surface area (Å²) in [7, 11) is 0. The van der Waals surface area contributed by atoms with Crippen LogP contribution in [0.3, 0.4) is 0 Å². The molecule has 0 aliphatic heterocycles. The molecule has 1 aromatic heterocycles. The molecule has 0 aliphatic rings. The van der Waals surface area contributed by atoms with Crippen LogP contribution in [0.1, 0.15) is 19.0 Å². The Morgan fingerprint density at radius 3 is 2.55 bits per heavy atom. The molecule has 0 bridgehead atoms. The van der Waals surface area contributed by atoms with E-state index in [1.54, 1.807) is 40.3 Å². The van der Waals surface area contributed by atoms with Gasteiger partial charge in [0.05, 0.1) is 12.3 Å². The lowest BCUT2D eigenvalue weighted by Gasteiger charge is -2.13. The molecule has 0 saturated heterocycles. The van der Waals surface area contributed by atoms with Gasteiger partial charge in [0.2, 0.25) is 5.91 Å². The first-order chi connectivity index (χ1) is 14.0. The van der Waals surface area contributed by atoms with Gasteiger partial charge in [0.15, 0.2) is 5.75 Å². The van der Waals surface area contributed by atoms with Crippen LogP contribution in [0.25, 0.3) is 0 Å². The van der Waals surface area contributed by atoms with Gasteiger partial charge in [0, 0.05) is 29.1 Å². The number of anilines is 1. The molecule has 29 heavy (non-hydrogen) atoms. The lowest BCUT2D eigenvalue weighted by atomic mass is 10.2. The highest BCUT2D eigenvalue weighted by Gasteiger charge is 2.12. The molecule has 0 spiro atoms. The van der Waals surface area contributed by atoms with Crippen molar-refractivity contribution in [3.05, 3.63) is 68.2 Å². The molecular formula is C21H21ClN2O4S. The maximum Gasteiger partial charge on any atom is 0.307 e. The molecule has 0 fully saturated rings. The van der Waals surface area contributed by atoms with Crippen LogP contribution in [-0.2, 0) is 11.3 Å². The third-order valence-electron chi connectivity index (χ3n) is 4.12. The van der Waals surface area contributed by atoms with Crippen molar-refractivity contribution in [1.29, 1.82) is 0 Å². The predicted molar refractivity (Wildman–Crippen MR) is 116 cm³/mol. The number of thiazole rings is 1. The lowest BCUT2D eigenvalue weighted by Crippen LogP contribution is -2.20. The van der Waals surface area contributed by atoms with Crippen LogP contribution < -0.4 is 19.7 Å². The van der Waals surface area contributed by atoms with Crippen molar-refractivity contribution in [3.63, 3.8) is 0 Å². The number of rotatable bonds is 8. The maximum atomic E-state index is 12.4. The highest BCUT2D eigenvalue weighted by atomic mass is 35.5. The van der Waals surface area contributed by atoms with Crippen molar-refractivity contribution in [2.24, 2.45) is 0 Å². The second-order valence-electron chi connectivity index (χ2n) is 6.24. The largest absolute Gasteiger partial charge is 0.494 e. The van der Waals surface area contributed by atoms with Crippen LogP contribution >= 0.6 is 22.9 Å². The minimum Gasteiger partial charge on any atom is -0.494 e. The standard InChI is InChI=1S/C21H21ClN2O4S/c1-3-27-16-5-7-17(8-6-16)28-19-9-4-15(22)12-18(19)23-20(25)10-11-24-14(2)13-29-21(24)26/h4-9,12-13H,3,10-11H2,1-2H3,(H,23,25). The van der Waals surface area contributed by atoms with Crippen molar-refractivity contribution < 1.29 is 14.3 Å². The van der Waals surface area contributed by atoms with Gasteiger partial charge in [-0.1, -0.05) is 22.9 Å². The maximum absolute atomic E-state index is 12.4. The average Bonchev–Trinajstić information content (AvgIpc) is 3.01. The fraction of sp³-hybridized carbons (Fsp3) is 0.238.